The van der Waals surface area contributed by atoms with Crippen molar-refractivity contribution in [3.8, 4) is 28.6 Å². The second-order valence-corrected chi connectivity index (χ2v) is 8.01. The van der Waals surface area contributed by atoms with E-state index < -0.39 is 6.23 Å². The van der Waals surface area contributed by atoms with Gasteiger partial charge >= 0.3 is 0 Å². The number of thioether (sulfide) groups is 1. The monoisotopic (exact) mass is 460 g/mol. The average Bonchev–Trinajstić information content (AvgIpc) is 2.86. The first kappa shape index (κ1) is 18.8. The molecule has 3 aromatic rings. The predicted molar refractivity (Wildman–Crippen MR) is 111 cm³/mol. The lowest BCUT2D eigenvalue weighted by atomic mass is 10.1. The third kappa shape index (κ3) is 3.47. The van der Waals surface area contributed by atoms with Gasteiger partial charge in [0.1, 0.15) is 0 Å². The quantitative estimate of drug-likeness (QED) is 0.544. The Morgan fingerprint density at radius 1 is 1.29 bits per heavy atom. The summed E-state index contributed by atoms with van der Waals surface area (Å²) in [5.74, 6) is 1.61. The van der Waals surface area contributed by atoms with Gasteiger partial charge in [-0.2, -0.15) is 4.98 Å². The fourth-order valence-corrected chi connectivity index (χ4v) is 3.85. The van der Waals surface area contributed by atoms with Gasteiger partial charge in [0.2, 0.25) is 11.0 Å². The minimum Gasteiger partial charge on any atom is -0.503 e. The molecule has 7 nitrogen and oxygen atoms in total. The predicted octanol–water partition coefficient (Wildman–Crippen LogP) is 4.63. The Labute approximate surface area is 174 Å². The van der Waals surface area contributed by atoms with Gasteiger partial charge in [-0.15, -0.1) is 10.2 Å². The topological polar surface area (TPSA) is 89.4 Å². The van der Waals surface area contributed by atoms with Crippen LogP contribution in [0.1, 0.15) is 18.7 Å². The maximum atomic E-state index is 10.1. The van der Waals surface area contributed by atoms with Crippen LogP contribution >= 0.6 is 27.7 Å². The summed E-state index contributed by atoms with van der Waals surface area (Å²) in [4.78, 5) is 4.55. The van der Waals surface area contributed by atoms with Crippen LogP contribution < -0.4 is 14.8 Å². The minimum absolute atomic E-state index is 0.0336. The van der Waals surface area contributed by atoms with Crippen LogP contribution in [0, 0.1) is 0 Å². The largest absolute Gasteiger partial charge is 0.503 e. The summed E-state index contributed by atoms with van der Waals surface area (Å²) in [5, 5.41) is 22.6. The number of aromatic nitrogens is 3. The highest BCUT2D eigenvalue weighted by molar-refractivity contribution is 9.10. The number of fused-ring (bicyclic) bond motifs is 3. The van der Waals surface area contributed by atoms with Crippen LogP contribution in [0.4, 0.5) is 5.69 Å². The number of para-hydroxylation sites is 1. The van der Waals surface area contributed by atoms with Crippen molar-refractivity contribution in [3.05, 3.63) is 46.4 Å². The van der Waals surface area contributed by atoms with Gasteiger partial charge in [-0.25, -0.2) is 0 Å². The third-order valence-corrected chi connectivity index (χ3v) is 5.50. The van der Waals surface area contributed by atoms with Crippen molar-refractivity contribution in [2.75, 3.05) is 18.2 Å². The molecule has 2 aromatic carbocycles. The molecule has 2 N–H and O–H groups in total. The lowest BCUT2D eigenvalue weighted by Gasteiger charge is -2.20. The highest BCUT2D eigenvalue weighted by atomic mass is 79.9. The number of methoxy groups -OCH3 is 1. The molecule has 0 bridgehead atoms. The number of benzene rings is 2. The SMILES string of the molecule is CCSc1nnc2c(n1)O[C@@H](c1cc(Br)c(O)c(OC)c1)Nc1ccccc1-2. The number of nitrogens with one attached hydrogen (secondary N) is 1. The number of phenolic OH excluding ortho intramolecular Hbond substituents is 1. The molecule has 0 saturated heterocycles. The molecule has 9 heteroatoms. The number of hydrogen-bond donors (Lipinski definition) is 2. The van der Waals surface area contributed by atoms with Crippen molar-refractivity contribution in [2.24, 2.45) is 0 Å². The summed E-state index contributed by atoms with van der Waals surface area (Å²) in [6.07, 6.45) is -0.565. The van der Waals surface area contributed by atoms with Gasteiger partial charge < -0.3 is 19.9 Å². The molecular formula is C19H17BrN4O3S. The number of halogens is 1. The van der Waals surface area contributed by atoms with Crippen molar-refractivity contribution in [3.63, 3.8) is 0 Å². The van der Waals surface area contributed by atoms with E-state index in [9.17, 15) is 5.11 Å². The van der Waals surface area contributed by atoms with Gasteiger partial charge in [0.15, 0.2) is 23.4 Å². The molecule has 28 heavy (non-hydrogen) atoms. The van der Waals surface area contributed by atoms with Crippen LogP contribution in [0.3, 0.4) is 0 Å². The zero-order valence-corrected chi connectivity index (χ0v) is 17.5. The lowest BCUT2D eigenvalue weighted by Crippen LogP contribution is -2.17. The number of ether oxygens (including phenoxy) is 2. The number of nitrogens with zero attached hydrogens (tertiary/aromatic N) is 3. The Morgan fingerprint density at radius 3 is 2.89 bits per heavy atom. The Hall–Kier alpha value is -2.52. The van der Waals surface area contributed by atoms with Crippen LogP contribution in [0.2, 0.25) is 0 Å². The van der Waals surface area contributed by atoms with Crippen molar-refractivity contribution < 1.29 is 14.6 Å². The van der Waals surface area contributed by atoms with Crippen LogP contribution in [0.5, 0.6) is 17.4 Å². The molecule has 0 fully saturated rings. The highest BCUT2D eigenvalue weighted by Gasteiger charge is 2.27. The average molecular weight is 461 g/mol. The Bertz CT molecular complexity index is 1030. The molecule has 0 radical (unpaired) electrons. The summed E-state index contributed by atoms with van der Waals surface area (Å²) in [5.41, 5.74) is 3.04. The number of anilines is 1. The van der Waals surface area contributed by atoms with Gasteiger partial charge in [0, 0.05) is 16.8 Å². The molecule has 1 aliphatic rings. The van der Waals surface area contributed by atoms with E-state index in [4.69, 9.17) is 9.47 Å². The zero-order chi connectivity index (χ0) is 19.7. The number of aromatic hydroxyl groups is 1. The smallest absolute Gasteiger partial charge is 0.247 e. The molecule has 1 aromatic heterocycles. The molecule has 0 spiro atoms. The van der Waals surface area contributed by atoms with Gasteiger partial charge in [0.05, 0.1) is 11.6 Å². The molecule has 0 saturated carbocycles. The van der Waals surface area contributed by atoms with E-state index in [1.54, 1.807) is 12.1 Å². The summed E-state index contributed by atoms with van der Waals surface area (Å²) in [6, 6.07) is 11.3. The van der Waals surface area contributed by atoms with Gasteiger partial charge in [-0.1, -0.05) is 36.9 Å². The molecule has 2 heterocycles. The summed E-state index contributed by atoms with van der Waals surface area (Å²) in [7, 11) is 1.50. The number of hydrogen-bond acceptors (Lipinski definition) is 8. The normalized spacial score (nSPS) is 14.9. The van der Waals surface area contributed by atoms with Gasteiger partial charge in [-0.05, 0) is 39.9 Å². The number of phenols is 1. The molecule has 0 unspecified atom stereocenters. The maximum absolute atomic E-state index is 10.1. The number of rotatable bonds is 4. The second kappa shape index (κ2) is 7.84. The van der Waals surface area contributed by atoms with Crippen molar-refractivity contribution >= 4 is 33.4 Å². The lowest BCUT2D eigenvalue weighted by molar-refractivity contribution is 0.224. The highest BCUT2D eigenvalue weighted by Crippen LogP contribution is 2.42. The first-order valence-electron chi connectivity index (χ1n) is 8.57. The zero-order valence-electron chi connectivity index (χ0n) is 15.1. The Balaban J connectivity index is 1.84. The Kier molecular flexibility index (Phi) is 5.27. The van der Waals surface area contributed by atoms with Crippen LogP contribution in [0.15, 0.2) is 46.0 Å². The summed E-state index contributed by atoms with van der Waals surface area (Å²) >= 11 is 4.86. The molecule has 1 atom stereocenters. The van der Waals surface area contributed by atoms with E-state index in [1.165, 1.54) is 18.9 Å². The van der Waals surface area contributed by atoms with E-state index in [2.05, 4.69) is 36.4 Å². The van der Waals surface area contributed by atoms with Crippen LogP contribution in [-0.4, -0.2) is 33.2 Å². The maximum Gasteiger partial charge on any atom is 0.247 e. The molecule has 1 aliphatic heterocycles. The van der Waals surface area contributed by atoms with Crippen molar-refractivity contribution in [2.45, 2.75) is 18.3 Å². The van der Waals surface area contributed by atoms with Crippen LogP contribution in [-0.2, 0) is 0 Å². The molecule has 144 valence electrons. The second-order valence-electron chi connectivity index (χ2n) is 5.92. The van der Waals surface area contributed by atoms with E-state index in [-0.39, 0.29) is 5.75 Å². The molecule has 0 aliphatic carbocycles. The first-order chi connectivity index (χ1) is 13.6. The summed E-state index contributed by atoms with van der Waals surface area (Å²) < 4.78 is 12.0. The standard InChI is InChI=1S/C19H17BrN4O3S/c1-3-28-19-22-18-15(23-24-19)11-6-4-5-7-13(11)21-17(27-18)10-8-12(20)16(25)14(9-10)26-2/h4-9,17,21,25H,3H2,1-2H3/t17-/m0/s1. The minimum atomic E-state index is -0.565. The molecule has 0 amide bonds. The van der Waals surface area contributed by atoms with Crippen molar-refractivity contribution in [1.82, 2.24) is 15.2 Å². The van der Waals surface area contributed by atoms with E-state index in [0.717, 1.165) is 22.6 Å². The van der Waals surface area contributed by atoms with E-state index in [0.29, 0.717) is 27.0 Å². The molecule has 4 rings (SSSR count). The van der Waals surface area contributed by atoms with E-state index in [1.807, 2.05) is 31.2 Å². The third-order valence-electron chi connectivity index (χ3n) is 4.18. The molecular weight excluding hydrogens is 444 g/mol. The fraction of sp³-hybridized carbons (Fsp3) is 0.211. The summed E-state index contributed by atoms with van der Waals surface area (Å²) in [6.45, 7) is 2.03. The van der Waals surface area contributed by atoms with Gasteiger partial charge in [0.25, 0.3) is 0 Å². The Morgan fingerprint density at radius 2 is 2.11 bits per heavy atom. The van der Waals surface area contributed by atoms with Crippen molar-refractivity contribution in [1.29, 1.82) is 0 Å². The van der Waals surface area contributed by atoms with Gasteiger partial charge in [-0.3, -0.25) is 0 Å². The first-order valence-corrected chi connectivity index (χ1v) is 10.3. The van der Waals surface area contributed by atoms with Crippen LogP contribution in [0.25, 0.3) is 11.3 Å². The fourth-order valence-electron chi connectivity index (χ4n) is 2.89. The van der Waals surface area contributed by atoms with E-state index >= 15 is 0 Å².